The molecule has 1 heterocycles. The summed E-state index contributed by atoms with van der Waals surface area (Å²) in [7, 11) is 0. The second-order valence-electron chi connectivity index (χ2n) is 5.03. The van der Waals surface area contributed by atoms with E-state index in [2.05, 4.69) is 9.97 Å². The van der Waals surface area contributed by atoms with Gasteiger partial charge in [0, 0.05) is 6.42 Å². The Morgan fingerprint density at radius 2 is 1.85 bits per heavy atom. The van der Waals surface area contributed by atoms with Crippen molar-refractivity contribution < 1.29 is 5.11 Å². The molecule has 0 amide bonds. The Hall–Kier alpha value is -2.33. The third-order valence-electron chi connectivity index (χ3n) is 3.60. The van der Waals surface area contributed by atoms with Gasteiger partial charge in [-0.15, -0.1) is 0 Å². The topological polar surface area (TPSA) is 68.9 Å². The van der Waals surface area contributed by atoms with E-state index in [1.807, 2.05) is 49.4 Å². The summed E-state index contributed by atoms with van der Waals surface area (Å²) < 4.78 is 0. The number of fused-ring (bicyclic) bond motifs is 1. The molecule has 0 saturated heterocycles. The fourth-order valence-electron chi connectivity index (χ4n) is 2.42. The van der Waals surface area contributed by atoms with Gasteiger partial charge in [-0.3, -0.25) is 0 Å². The van der Waals surface area contributed by atoms with Crippen molar-refractivity contribution in [2.45, 2.75) is 19.4 Å². The Balaban J connectivity index is 1.90. The van der Waals surface area contributed by atoms with Crippen LogP contribution in [-0.4, -0.2) is 15.1 Å². The number of benzene rings is 2. The van der Waals surface area contributed by atoms with Crippen molar-refractivity contribution in [2.24, 2.45) is 0 Å². The highest BCUT2D eigenvalue weighted by Gasteiger charge is 2.11. The SMILES string of the molecule is Cc1ccccc1CC(O)c1ccc2[nH]c(=O)[nH]c2c1. The summed E-state index contributed by atoms with van der Waals surface area (Å²) in [4.78, 5) is 16.6. The van der Waals surface area contributed by atoms with E-state index in [0.717, 1.165) is 22.2 Å². The molecule has 2 aromatic carbocycles. The van der Waals surface area contributed by atoms with Gasteiger partial charge in [0.05, 0.1) is 17.1 Å². The minimum atomic E-state index is -0.584. The summed E-state index contributed by atoms with van der Waals surface area (Å²) in [6.45, 7) is 2.04. The van der Waals surface area contributed by atoms with Crippen molar-refractivity contribution >= 4 is 11.0 Å². The number of aromatic amines is 2. The number of aliphatic hydroxyl groups is 1. The van der Waals surface area contributed by atoms with E-state index in [1.165, 1.54) is 5.56 Å². The lowest BCUT2D eigenvalue weighted by Crippen LogP contribution is -2.03. The van der Waals surface area contributed by atoms with Crippen molar-refractivity contribution in [1.29, 1.82) is 0 Å². The van der Waals surface area contributed by atoms with Gasteiger partial charge in [-0.2, -0.15) is 0 Å². The smallest absolute Gasteiger partial charge is 0.323 e. The molecule has 3 N–H and O–H groups in total. The summed E-state index contributed by atoms with van der Waals surface area (Å²) in [5.74, 6) is 0. The quantitative estimate of drug-likeness (QED) is 0.683. The van der Waals surface area contributed by atoms with Gasteiger partial charge in [0.25, 0.3) is 0 Å². The number of rotatable bonds is 3. The molecular weight excluding hydrogens is 252 g/mol. The first-order valence-corrected chi connectivity index (χ1v) is 6.58. The maximum atomic E-state index is 11.2. The van der Waals surface area contributed by atoms with Gasteiger partial charge in [-0.05, 0) is 35.7 Å². The normalized spacial score (nSPS) is 12.7. The highest BCUT2D eigenvalue weighted by molar-refractivity contribution is 5.75. The molecule has 1 aromatic heterocycles. The average molecular weight is 268 g/mol. The molecule has 0 aliphatic carbocycles. The Bertz CT molecular complexity index is 801. The lowest BCUT2D eigenvalue weighted by atomic mass is 9.98. The summed E-state index contributed by atoms with van der Waals surface area (Å²) in [6.07, 6.45) is -0.0220. The van der Waals surface area contributed by atoms with Crippen LogP contribution < -0.4 is 5.69 Å². The van der Waals surface area contributed by atoms with Crippen molar-refractivity contribution in [3.63, 3.8) is 0 Å². The first-order valence-electron chi connectivity index (χ1n) is 6.58. The number of imidazole rings is 1. The van der Waals surface area contributed by atoms with Crippen molar-refractivity contribution in [3.8, 4) is 0 Å². The molecule has 0 saturated carbocycles. The van der Waals surface area contributed by atoms with E-state index in [1.54, 1.807) is 0 Å². The molecular formula is C16H16N2O2. The van der Waals surface area contributed by atoms with E-state index < -0.39 is 6.10 Å². The van der Waals surface area contributed by atoms with Gasteiger partial charge in [-0.25, -0.2) is 4.79 Å². The summed E-state index contributed by atoms with van der Waals surface area (Å²) >= 11 is 0. The largest absolute Gasteiger partial charge is 0.388 e. The molecule has 1 unspecified atom stereocenters. The summed E-state index contributed by atoms with van der Waals surface area (Å²) in [5, 5.41) is 10.4. The number of aryl methyl sites for hydroxylation is 1. The fourth-order valence-corrected chi connectivity index (χ4v) is 2.42. The molecule has 0 bridgehead atoms. The van der Waals surface area contributed by atoms with Gasteiger partial charge in [0.1, 0.15) is 0 Å². The second kappa shape index (κ2) is 4.98. The van der Waals surface area contributed by atoms with Crippen LogP contribution in [0.4, 0.5) is 0 Å². The zero-order chi connectivity index (χ0) is 14.1. The zero-order valence-electron chi connectivity index (χ0n) is 11.2. The molecule has 20 heavy (non-hydrogen) atoms. The molecule has 0 spiro atoms. The predicted molar refractivity (Wildman–Crippen MR) is 78.8 cm³/mol. The van der Waals surface area contributed by atoms with E-state index in [-0.39, 0.29) is 5.69 Å². The molecule has 4 heteroatoms. The first-order chi connectivity index (χ1) is 9.63. The van der Waals surface area contributed by atoms with Crippen LogP contribution in [0.15, 0.2) is 47.3 Å². The van der Waals surface area contributed by atoms with Gasteiger partial charge in [0.15, 0.2) is 0 Å². The highest BCUT2D eigenvalue weighted by Crippen LogP contribution is 2.22. The number of nitrogens with one attached hydrogen (secondary N) is 2. The fraction of sp³-hybridized carbons (Fsp3) is 0.188. The van der Waals surface area contributed by atoms with Crippen LogP contribution in [0.3, 0.4) is 0 Å². The standard InChI is InChI=1S/C16H16N2O2/c1-10-4-2-3-5-11(10)9-15(19)12-6-7-13-14(8-12)18-16(20)17-13/h2-8,15,19H,9H2,1H3,(H2,17,18,20). The van der Waals surface area contributed by atoms with E-state index in [4.69, 9.17) is 0 Å². The minimum Gasteiger partial charge on any atom is -0.388 e. The first kappa shape index (κ1) is 12.7. The Labute approximate surface area is 116 Å². The van der Waals surface area contributed by atoms with Crippen LogP contribution in [-0.2, 0) is 6.42 Å². The molecule has 4 nitrogen and oxygen atoms in total. The third kappa shape index (κ3) is 2.38. The summed E-state index contributed by atoms with van der Waals surface area (Å²) in [5.41, 5.74) is 4.34. The second-order valence-corrected chi connectivity index (χ2v) is 5.03. The van der Waals surface area contributed by atoms with Crippen molar-refractivity contribution in [1.82, 2.24) is 9.97 Å². The highest BCUT2D eigenvalue weighted by atomic mass is 16.3. The number of hydrogen-bond acceptors (Lipinski definition) is 2. The van der Waals surface area contributed by atoms with E-state index in [9.17, 15) is 9.90 Å². The third-order valence-corrected chi connectivity index (χ3v) is 3.60. The van der Waals surface area contributed by atoms with Crippen LogP contribution in [0.5, 0.6) is 0 Å². The zero-order valence-corrected chi connectivity index (χ0v) is 11.2. The van der Waals surface area contributed by atoms with Crippen LogP contribution in [0, 0.1) is 6.92 Å². The maximum Gasteiger partial charge on any atom is 0.323 e. The molecule has 0 aliphatic rings. The van der Waals surface area contributed by atoms with Gasteiger partial charge in [-0.1, -0.05) is 30.3 Å². The molecule has 0 fully saturated rings. The number of aliphatic hydroxyl groups excluding tert-OH is 1. The average Bonchev–Trinajstić information content (AvgIpc) is 2.80. The maximum absolute atomic E-state index is 11.2. The molecule has 0 aliphatic heterocycles. The number of aromatic nitrogens is 2. The molecule has 3 aromatic rings. The predicted octanol–water partition coefficient (Wildman–Crippen LogP) is 2.44. The van der Waals surface area contributed by atoms with Crippen LogP contribution >= 0.6 is 0 Å². The molecule has 1 atom stereocenters. The Morgan fingerprint density at radius 3 is 2.65 bits per heavy atom. The Kier molecular flexibility index (Phi) is 3.16. The minimum absolute atomic E-state index is 0.231. The van der Waals surface area contributed by atoms with Crippen LogP contribution in [0.25, 0.3) is 11.0 Å². The van der Waals surface area contributed by atoms with E-state index in [0.29, 0.717) is 6.42 Å². The van der Waals surface area contributed by atoms with Crippen LogP contribution in [0.2, 0.25) is 0 Å². The number of hydrogen-bond donors (Lipinski definition) is 3. The lowest BCUT2D eigenvalue weighted by molar-refractivity contribution is 0.178. The summed E-state index contributed by atoms with van der Waals surface area (Å²) in [6, 6.07) is 13.5. The molecule has 3 rings (SSSR count). The van der Waals surface area contributed by atoms with Gasteiger partial charge in [0.2, 0.25) is 0 Å². The lowest BCUT2D eigenvalue weighted by Gasteiger charge is -2.13. The molecule has 0 radical (unpaired) electrons. The number of H-pyrrole nitrogens is 2. The monoisotopic (exact) mass is 268 g/mol. The van der Waals surface area contributed by atoms with Crippen molar-refractivity contribution in [3.05, 3.63) is 69.6 Å². The van der Waals surface area contributed by atoms with Crippen LogP contribution in [0.1, 0.15) is 22.8 Å². The molecule has 102 valence electrons. The van der Waals surface area contributed by atoms with Crippen molar-refractivity contribution in [2.75, 3.05) is 0 Å². The van der Waals surface area contributed by atoms with Gasteiger partial charge >= 0.3 is 5.69 Å². The Morgan fingerprint density at radius 1 is 1.10 bits per heavy atom. The van der Waals surface area contributed by atoms with Gasteiger partial charge < -0.3 is 15.1 Å². The van der Waals surface area contributed by atoms with E-state index >= 15 is 0 Å².